The van der Waals surface area contributed by atoms with Gasteiger partial charge in [0.15, 0.2) is 0 Å². The van der Waals surface area contributed by atoms with Crippen LogP contribution in [0.2, 0.25) is 0 Å². The summed E-state index contributed by atoms with van der Waals surface area (Å²) in [6.07, 6.45) is 5.29. The van der Waals surface area contributed by atoms with Crippen molar-refractivity contribution in [2.24, 2.45) is 0 Å². The van der Waals surface area contributed by atoms with Crippen molar-refractivity contribution < 1.29 is 5.11 Å². The fourth-order valence-electron chi connectivity index (χ4n) is 1.89. The molecule has 1 aliphatic rings. The molecule has 0 spiro atoms. The molecule has 0 bridgehead atoms. The van der Waals surface area contributed by atoms with Gasteiger partial charge < -0.3 is 10.4 Å². The van der Waals surface area contributed by atoms with E-state index in [4.69, 9.17) is 0 Å². The molecule has 0 radical (unpaired) electrons. The topological polar surface area (TPSA) is 45.1 Å². The first-order chi connectivity index (χ1) is 7.24. The average Bonchev–Trinajstić information content (AvgIpc) is 2.20. The number of rotatable bonds is 4. The van der Waals surface area contributed by atoms with E-state index in [0.717, 1.165) is 25.1 Å². The summed E-state index contributed by atoms with van der Waals surface area (Å²) in [6, 6.07) is 4.10. The van der Waals surface area contributed by atoms with Gasteiger partial charge in [-0.15, -0.1) is 0 Å². The predicted molar refractivity (Wildman–Crippen MR) is 59.5 cm³/mol. The highest BCUT2D eigenvalue weighted by molar-refractivity contribution is 5.13. The van der Waals surface area contributed by atoms with Crippen molar-refractivity contribution in [3.05, 3.63) is 29.6 Å². The van der Waals surface area contributed by atoms with Crippen LogP contribution < -0.4 is 5.32 Å². The lowest BCUT2D eigenvalue weighted by molar-refractivity contribution is 0.0872. The monoisotopic (exact) mass is 206 g/mol. The molecule has 1 aromatic heterocycles. The van der Waals surface area contributed by atoms with Crippen LogP contribution in [0.5, 0.6) is 0 Å². The summed E-state index contributed by atoms with van der Waals surface area (Å²) in [5.74, 6) is 0. The molecule has 3 nitrogen and oxygen atoms in total. The van der Waals surface area contributed by atoms with Crippen molar-refractivity contribution in [3.8, 4) is 0 Å². The van der Waals surface area contributed by atoms with Crippen LogP contribution in [0.1, 0.15) is 30.5 Å². The zero-order valence-corrected chi connectivity index (χ0v) is 9.16. The van der Waals surface area contributed by atoms with E-state index in [1.165, 1.54) is 12.0 Å². The number of hydrogen-bond donors (Lipinski definition) is 2. The highest BCUT2D eigenvalue weighted by Gasteiger charge is 2.35. The molecular formula is C12H18N2O. The Balaban J connectivity index is 1.90. The van der Waals surface area contributed by atoms with Gasteiger partial charge in [-0.05, 0) is 37.8 Å². The lowest BCUT2D eigenvalue weighted by Crippen LogP contribution is -2.53. The first-order valence-corrected chi connectivity index (χ1v) is 5.52. The molecule has 0 amide bonds. The minimum Gasteiger partial charge on any atom is -0.394 e. The summed E-state index contributed by atoms with van der Waals surface area (Å²) >= 11 is 0. The van der Waals surface area contributed by atoms with E-state index < -0.39 is 0 Å². The Bertz CT molecular complexity index is 311. The van der Waals surface area contributed by atoms with Gasteiger partial charge in [0, 0.05) is 24.0 Å². The molecule has 0 aromatic carbocycles. The summed E-state index contributed by atoms with van der Waals surface area (Å²) in [5, 5.41) is 12.7. The van der Waals surface area contributed by atoms with Gasteiger partial charge in [0.1, 0.15) is 0 Å². The highest BCUT2D eigenvalue weighted by Crippen LogP contribution is 2.31. The Morgan fingerprint density at radius 1 is 1.47 bits per heavy atom. The number of aryl methyl sites for hydroxylation is 1. The fourth-order valence-corrected chi connectivity index (χ4v) is 1.89. The van der Waals surface area contributed by atoms with Crippen molar-refractivity contribution in [3.63, 3.8) is 0 Å². The number of nitrogens with one attached hydrogen (secondary N) is 1. The molecule has 82 valence electrons. The van der Waals surface area contributed by atoms with Gasteiger partial charge in [0.2, 0.25) is 0 Å². The number of nitrogens with zero attached hydrogens (tertiary/aromatic N) is 1. The molecular weight excluding hydrogens is 188 g/mol. The van der Waals surface area contributed by atoms with Gasteiger partial charge in [0.25, 0.3) is 0 Å². The minimum atomic E-state index is -0.00904. The normalized spacial score (nSPS) is 18.5. The smallest absolute Gasteiger partial charge is 0.0613 e. The molecule has 0 aliphatic heterocycles. The van der Waals surface area contributed by atoms with Crippen molar-refractivity contribution in [2.45, 2.75) is 38.3 Å². The van der Waals surface area contributed by atoms with E-state index >= 15 is 0 Å². The molecule has 0 saturated heterocycles. The van der Waals surface area contributed by atoms with Gasteiger partial charge in [-0.2, -0.15) is 0 Å². The van der Waals surface area contributed by atoms with Crippen LogP contribution in [-0.2, 0) is 6.54 Å². The molecule has 2 rings (SSSR count). The Morgan fingerprint density at radius 2 is 2.27 bits per heavy atom. The van der Waals surface area contributed by atoms with E-state index in [1.54, 1.807) is 0 Å². The summed E-state index contributed by atoms with van der Waals surface area (Å²) < 4.78 is 0. The number of aliphatic hydroxyl groups is 1. The van der Waals surface area contributed by atoms with Crippen LogP contribution in [0.25, 0.3) is 0 Å². The van der Waals surface area contributed by atoms with Gasteiger partial charge in [-0.3, -0.25) is 4.98 Å². The first-order valence-electron chi connectivity index (χ1n) is 5.52. The molecule has 0 atom stereocenters. The van der Waals surface area contributed by atoms with E-state index in [-0.39, 0.29) is 12.1 Å². The van der Waals surface area contributed by atoms with E-state index in [0.29, 0.717) is 0 Å². The minimum absolute atomic E-state index is 0.00904. The molecule has 1 saturated carbocycles. The summed E-state index contributed by atoms with van der Waals surface area (Å²) in [6.45, 7) is 3.03. The summed E-state index contributed by atoms with van der Waals surface area (Å²) in [5.41, 5.74) is 2.21. The fraction of sp³-hybridized carbons (Fsp3) is 0.583. The largest absolute Gasteiger partial charge is 0.394 e. The summed E-state index contributed by atoms with van der Waals surface area (Å²) in [7, 11) is 0. The third-order valence-corrected chi connectivity index (χ3v) is 3.25. The lowest BCUT2D eigenvalue weighted by Gasteiger charge is -2.41. The average molecular weight is 206 g/mol. The third-order valence-electron chi connectivity index (χ3n) is 3.25. The highest BCUT2D eigenvalue weighted by atomic mass is 16.3. The zero-order valence-electron chi connectivity index (χ0n) is 9.16. The molecule has 2 N–H and O–H groups in total. The molecule has 1 fully saturated rings. The van der Waals surface area contributed by atoms with Crippen molar-refractivity contribution in [1.82, 2.24) is 10.3 Å². The lowest BCUT2D eigenvalue weighted by atomic mass is 9.77. The Morgan fingerprint density at radius 3 is 2.73 bits per heavy atom. The van der Waals surface area contributed by atoms with Crippen molar-refractivity contribution >= 4 is 0 Å². The number of hydrogen-bond acceptors (Lipinski definition) is 3. The van der Waals surface area contributed by atoms with E-state index in [9.17, 15) is 5.11 Å². The third kappa shape index (κ3) is 2.36. The van der Waals surface area contributed by atoms with Gasteiger partial charge in [0.05, 0.1) is 6.61 Å². The molecule has 1 aromatic rings. The summed E-state index contributed by atoms with van der Waals surface area (Å²) in [4.78, 5) is 4.25. The van der Waals surface area contributed by atoms with E-state index in [2.05, 4.69) is 16.4 Å². The zero-order chi connectivity index (χ0) is 10.7. The maximum absolute atomic E-state index is 9.28. The van der Waals surface area contributed by atoms with Gasteiger partial charge in [-0.25, -0.2) is 0 Å². The second-order valence-electron chi connectivity index (χ2n) is 4.45. The second kappa shape index (κ2) is 4.29. The van der Waals surface area contributed by atoms with Crippen molar-refractivity contribution in [2.75, 3.05) is 6.61 Å². The van der Waals surface area contributed by atoms with Gasteiger partial charge in [-0.1, -0.05) is 6.07 Å². The Hall–Kier alpha value is -0.930. The molecule has 3 heteroatoms. The molecule has 0 unspecified atom stereocenters. The quantitative estimate of drug-likeness (QED) is 0.782. The van der Waals surface area contributed by atoms with Gasteiger partial charge >= 0.3 is 0 Å². The van der Waals surface area contributed by atoms with E-state index in [1.807, 2.05) is 19.2 Å². The van der Waals surface area contributed by atoms with Crippen LogP contribution in [0.4, 0.5) is 0 Å². The molecule has 1 heterocycles. The first kappa shape index (κ1) is 10.6. The van der Waals surface area contributed by atoms with Crippen LogP contribution in [0.3, 0.4) is 0 Å². The van der Waals surface area contributed by atoms with Crippen LogP contribution in [0, 0.1) is 6.92 Å². The van der Waals surface area contributed by atoms with Crippen LogP contribution in [-0.4, -0.2) is 22.2 Å². The maximum Gasteiger partial charge on any atom is 0.0613 e. The molecule has 1 aliphatic carbocycles. The van der Waals surface area contributed by atoms with Crippen molar-refractivity contribution in [1.29, 1.82) is 0 Å². The Labute approximate surface area is 90.5 Å². The number of pyridine rings is 1. The Kier molecular flexibility index (Phi) is 3.03. The van der Waals surface area contributed by atoms with Crippen LogP contribution >= 0.6 is 0 Å². The maximum atomic E-state index is 9.28. The number of aliphatic hydroxyl groups excluding tert-OH is 1. The SMILES string of the molecule is Cc1ccc(CNC2(CO)CCC2)cn1. The molecule has 15 heavy (non-hydrogen) atoms. The number of aromatic nitrogens is 1. The standard InChI is InChI=1S/C12H18N2O/c1-10-3-4-11(7-13-10)8-14-12(9-15)5-2-6-12/h3-4,7,14-15H,2,5-6,8-9H2,1H3. The predicted octanol–water partition coefficient (Wildman–Crippen LogP) is 1.39. The van der Waals surface area contributed by atoms with Crippen LogP contribution in [0.15, 0.2) is 18.3 Å². The second-order valence-corrected chi connectivity index (χ2v) is 4.45.